The molecule has 1 N–H and O–H groups in total. The van der Waals surface area contributed by atoms with Crippen LogP contribution in [0.5, 0.6) is 0 Å². The zero-order valence-electron chi connectivity index (χ0n) is 11.3. The number of carboxylic acid groups (broad SMARTS) is 1. The van der Waals surface area contributed by atoms with Gasteiger partial charge in [-0.15, -0.1) is 0 Å². The van der Waals surface area contributed by atoms with Crippen molar-refractivity contribution in [1.82, 2.24) is 9.78 Å². The molecule has 2 rings (SSSR count). The van der Waals surface area contributed by atoms with Crippen LogP contribution >= 0.6 is 0 Å². The summed E-state index contributed by atoms with van der Waals surface area (Å²) >= 11 is 0. The van der Waals surface area contributed by atoms with Gasteiger partial charge in [0.25, 0.3) is 0 Å². The van der Waals surface area contributed by atoms with Crippen LogP contribution < -0.4 is 4.90 Å². The van der Waals surface area contributed by atoms with E-state index in [1.807, 2.05) is 4.90 Å². The van der Waals surface area contributed by atoms with E-state index in [1.165, 1.54) is 0 Å². The summed E-state index contributed by atoms with van der Waals surface area (Å²) in [6.07, 6.45) is 4.17. The summed E-state index contributed by atoms with van der Waals surface area (Å²) in [7, 11) is 1.76. The highest BCUT2D eigenvalue weighted by atomic mass is 16.4. The van der Waals surface area contributed by atoms with Gasteiger partial charge >= 0.3 is 5.97 Å². The van der Waals surface area contributed by atoms with Gasteiger partial charge in [0, 0.05) is 13.1 Å². The fraction of sp³-hybridized carbons (Fsp3) is 0.615. The maximum absolute atomic E-state index is 11.1. The number of hydrogen-bond donors (Lipinski definition) is 1. The Morgan fingerprint density at radius 1 is 1.58 bits per heavy atom. The Hall–Kier alpha value is -2.03. The van der Waals surface area contributed by atoms with Crippen molar-refractivity contribution in [3.05, 3.63) is 11.3 Å². The smallest absolute Gasteiger partial charge is 0.323 e. The molecule has 0 unspecified atom stereocenters. The number of aromatic nitrogens is 2. The van der Waals surface area contributed by atoms with Crippen LogP contribution in [-0.4, -0.2) is 33.4 Å². The van der Waals surface area contributed by atoms with Gasteiger partial charge in [-0.3, -0.25) is 9.48 Å². The number of hydrogen-bond acceptors (Lipinski definition) is 4. The molecule has 0 atom stereocenters. The van der Waals surface area contributed by atoms with Gasteiger partial charge in [0.05, 0.1) is 5.69 Å². The van der Waals surface area contributed by atoms with Gasteiger partial charge in [0.1, 0.15) is 24.0 Å². The Balaban J connectivity index is 2.42. The standard InChI is InChI=1S/C13H18N4O2/c1-9-11(7-14)13(16(2)15-9)17(8-12(18)19)10-5-3-4-6-10/h10H,3-6,8H2,1-2H3,(H,18,19). The molecule has 0 radical (unpaired) electrons. The minimum absolute atomic E-state index is 0.0850. The Labute approximate surface area is 112 Å². The van der Waals surface area contributed by atoms with Gasteiger partial charge in [-0.2, -0.15) is 10.4 Å². The van der Waals surface area contributed by atoms with E-state index in [0.717, 1.165) is 25.7 Å². The molecule has 0 aromatic carbocycles. The molecule has 6 nitrogen and oxygen atoms in total. The molecule has 1 saturated carbocycles. The van der Waals surface area contributed by atoms with E-state index in [4.69, 9.17) is 5.11 Å². The SMILES string of the molecule is Cc1nn(C)c(N(CC(=O)O)C2CCCC2)c1C#N. The second-order valence-electron chi connectivity index (χ2n) is 4.98. The molecule has 1 fully saturated rings. The second kappa shape index (κ2) is 5.31. The van der Waals surface area contributed by atoms with Gasteiger partial charge in [-0.25, -0.2) is 0 Å². The summed E-state index contributed by atoms with van der Waals surface area (Å²) in [5.41, 5.74) is 1.13. The molecular formula is C13H18N4O2. The van der Waals surface area contributed by atoms with Crippen molar-refractivity contribution in [2.45, 2.75) is 38.6 Å². The van der Waals surface area contributed by atoms with Gasteiger partial charge in [-0.1, -0.05) is 12.8 Å². The average molecular weight is 262 g/mol. The maximum atomic E-state index is 11.1. The molecular weight excluding hydrogens is 244 g/mol. The number of anilines is 1. The van der Waals surface area contributed by atoms with Crippen LogP contribution in [0.4, 0.5) is 5.82 Å². The first kappa shape index (κ1) is 13.4. The molecule has 102 valence electrons. The van der Waals surface area contributed by atoms with Crippen LogP contribution in [0.2, 0.25) is 0 Å². The molecule has 19 heavy (non-hydrogen) atoms. The Morgan fingerprint density at radius 2 is 2.21 bits per heavy atom. The number of aryl methyl sites for hydroxylation is 2. The summed E-state index contributed by atoms with van der Waals surface area (Å²) in [5, 5.41) is 22.6. The first-order valence-corrected chi connectivity index (χ1v) is 6.46. The lowest BCUT2D eigenvalue weighted by atomic mass is 10.1. The van der Waals surface area contributed by atoms with Gasteiger partial charge in [-0.05, 0) is 19.8 Å². The summed E-state index contributed by atoms with van der Waals surface area (Å²) in [4.78, 5) is 12.9. The fourth-order valence-electron chi connectivity index (χ4n) is 2.84. The van der Waals surface area contributed by atoms with Crippen molar-refractivity contribution in [2.24, 2.45) is 7.05 Å². The van der Waals surface area contributed by atoms with E-state index in [-0.39, 0.29) is 12.6 Å². The van der Waals surface area contributed by atoms with Gasteiger partial charge in [0.15, 0.2) is 0 Å². The topological polar surface area (TPSA) is 82.2 Å². The number of aliphatic carboxylic acids is 1. The Morgan fingerprint density at radius 3 is 2.74 bits per heavy atom. The second-order valence-corrected chi connectivity index (χ2v) is 4.98. The first-order chi connectivity index (χ1) is 9.04. The monoisotopic (exact) mass is 262 g/mol. The van der Waals surface area contributed by atoms with Crippen molar-refractivity contribution >= 4 is 11.8 Å². The number of carbonyl (C=O) groups is 1. The fourth-order valence-corrected chi connectivity index (χ4v) is 2.84. The molecule has 1 aliphatic rings. The molecule has 1 heterocycles. The normalized spacial score (nSPS) is 15.4. The molecule has 0 saturated heterocycles. The molecule has 1 aromatic rings. The van der Waals surface area contributed by atoms with Crippen molar-refractivity contribution in [1.29, 1.82) is 5.26 Å². The third kappa shape index (κ3) is 2.55. The van der Waals surface area contributed by atoms with Gasteiger partial charge in [0.2, 0.25) is 0 Å². The third-order valence-electron chi connectivity index (χ3n) is 3.65. The minimum Gasteiger partial charge on any atom is -0.480 e. The van der Waals surface area contributed by atoms with E-state index >= 15 is 0 Å². The third-order valence-corrected chi connectivity index (χ3v) is 3.65. The largest absolute Gasteiger partial charge is 0.480 e. The quantitative estimate of drug-likeness (QED) is 0.887. The van der Waals surface area contributed by atoms with Gasteiger partial charge < -0.3 is 10.0 Å². The predicted molar refractivity (Wildman–Crippen MR) is 69.9 cm³/mol. The first-order valence-electron chi connectivity index (χ1n) is 6.46. The van der Waals surface area contributed by atoms with Crippen molar-refractivity contribution in [3.63, 3.8) is 0 Å². The van der Waals surface area contributed by atoms with Crippen LogP contribution in [0.1, 0.15) is 36.9 Å². The van der Waals surface area contributed by atoms with Crippen molar-refractivity contribution < 1.29 is 9.90 Å². The van der Waals surface area contributed by atoms with E-state index in [2.05, 4.69) is 11.2 Å². The zero-order chi connectivity index (χ0) is 14.0. The molecule has 0 amide bonds. The highest BCUT2D eigenvalue weighted by molar-refractivity contribution is 5.75. The lowest BCUT2D eigenvalue weighted by Gasteiger charge is -2.29. The Bertz CT molecular complexity index is 523. The van der Waals surface area contributed by atoms with E-state index in [9.17, 15) is 10.1 Å². The minimum atomic E-state index is -0.880. The van der Waals surface area contributed by atoms with Crippen molar-refractivity contribution in [2.75, 3.05) is 11.4 Å². The lowest BCUT2D eigenvalue weighted by molar-refractivity contribution is -0.135. The maximum Gasteiger partial charge on any atom is 0.323 e. The van der Waals surface area contributed by atoms with Crippen LogP contribution in [-0.2, 0) is 11.8 Å². The summed E-state index contributed by atoms with van der Waals surface area (Å²) < 4.78 is 1.62. The Kier molecular flexibility index (Phi) is 3.74. The predicted octanol–water partition coefficient (Wildman–Crippen LogP) is 1.43. The molecule has 6 heteroatoms. The molecule has 0 bridgehead atoms. The molecule has 0 aliphatic heterocycles. The van der Waals surface area contributed by atoms with Crippen LogP contribution in [0, 0.1) is 18.3 Å². The summed E-state index contributed by atoms with van der Waals surface area (Å²) in [6.45, 7) is 1.69. The molecule has 1 aromatic heterocycles. The van der Waals surface area contributed by atoms with Crippen LogP contribution in [0.3, 0.4) is 0 Å². The lowest BCUT2D eigenvalue weighted by Crippen LogP contribution is -2.39. The number of rotatable bonds is 4. The number of nitriles is 1. The van der Waals surface area contributed by atoms with Crippen molar-refractivity contribution in [3.8, 4) is 6.07 Å². The summed E-state index contributed by atoms with van der Waals surface area (Å²) in [5.74, 6) is -0.246. The van der Waals surface area contributed by atoms with E-state index < -0.39 is 5.97 Å². The average Bonchev–Trinajstić information content (AvgIpc) is 2.94. The van der Waals surface area contributed by atoms with E-state index in [0.29, 0.717) is 17.1 Å². The highest BCUT2D eigenvalue weighted by Crippen LogP contribution is 2.30. The van der Waals surface area contributed by atoms with Crippen LogP contribution in [0.25, 0.3) is 0 Å². The molecule has 1 aliphatic carbocycles. The van der Waals surface area contributed by atoms with E-state index in [1.54, 1.807) is 18.7 Å². The summed E-state index contributed by atoms with van der Waals surface area (Å²) in [6, 6.07) is 2.34. The molecule has 0 spiro atoms. The highest BCUT2D eigenvalue weighted by Gasteiger charge is 2.29. The zero-order valence-corrected chi connectivity index (χ0v) is 11.3. The van der Waals surface area contributed by atoms with Crippen LogP contribution in [0.15, 0.2) is 0 Å². The number of nitrogens with zero attached hydrogens (tertiary/aromatic N) is 4. The number of carboxylic acids is 1.